The van der Waals surface area contributed by atoms with Crippen molar-refractivity contribution in [2.75, 3.05) is 32.8 Å². The number of ether oxygens (including phenoxy) is 1. The average molecular weight is 393 g/mol. The summed E-state index contributed by atoms with van der Waals surface area (Å²) in [5.74, 6) is 0.502. The molecule has 6 nitrogen and oxygen atoms in total. The van der Waals surface area contributed by atoms with Crippen molar-refractivity contribution in [2.45, 2.75) is 13.5 Å². The molecule has 1 aliphatic rings. The number of carbonyl (C=O) groups is 1. The van der Waals surface area contributed by atoms with Crippen LogP contribution >= 0.6 is 0 Å². The van der Waals surface area contributed by atoms with Crippen LogP contribution in [0.4, 0.5) is 0 Å². The first kappa shape index (κ1) is 19.2. The van der Waals surface area contributed by atoms with E-state index >= 15 is 0 Å². The Kier molecular flexibility index (Phi) is 5.62. The topological polar surface area (TPSA) is 64.2 Å². The van der Waals surface area contributed by atoms with E-state index in [4.69, 9.17) is 9.15 Å². The quantitative estimate of drug-likeness (QED) is 0.666. The van der Waals surface area contributed by atoms with E-state index in [9.17, 15) is 9.59 Å². The summed E-state index contributed by atoms with van der Waals surface area (Å²) in [6, 6.07) is 17.2. The monoisotopic (exact) mass is 393 g/mol. The van der Waals surface area contributed by atoms with E-state index in [0.29, 0.717) is 11.3 Å². The molecule has 6 heteroatoms. The zero-order valence-corrected chi connectivity index (χ0v) is 16.5. The largest absolute Gasteiger partial charge is 0.484 e. The minimum Gasteiger partial charge on any atom is -0.484 e. The molecule has 29 heavy (non-hydrogen) atoms. The SMILES string of the molecule is Cc1cc(=O)oc2cc(OCC(=O)N3CC[NH+](Cc4ccccc4)CC3)ccc12. The molecule has 2 heterocycles. The van der Waals surface area contributed by atoms with Gasteiger partial charge in [-0.25, -0.2) is 4.79 Å². The molecule has 1 amide bonds. The van der Waals surface area contributed by atoms with Crippen molar-refractivity contribution in [3.05, 3.63) is 76.1 Å². The van der Waals surface area contributed by atoms with Gasteiger partial charge in [0.15, 0.2) is 6.61 Å². The molecule has 2 aromatic carbocycles. The summed E-state index contributed by atoms with van der Waals surface area (Å²) >= 11 is 0. The first-order valence-electron chi connectivity index (χ1n) is 9.91. The summed E-state index contributed by atoms with van der Waals surface area (Å²) < 4.78 is 10.9. The number of hydrogen-bond acceptors (Lipinski definition) is 4. The lowest BCUT2D eigenvalue weighted by Crippen LogP contribution is -3.13. The maximum atomic E-state index is 12.5. The molecule has 0 aliphatic carbocycles. The Morgan fingerprint density at radius 1 is 1.10 bits per heavy atom. The lowest BCUT2D eigenvalue weighted by Gasteiger charge is -2.32. The third kappa shape index (κ3) is 4.66. The number of aryl methyl sites for hydroxylation is 1. The Morgan fingerprint density at radius 3 is 2.62 bits per heavy atom. The van der Waals surface area contributed by atoms with E-state index < -0.39 is 0 Å². The number of fused-ring (bicyclic) bond motifs is 1. The van der Waals surface area contributed by atoms with E-state index in [1.54, 1.807) is 12.1 Å². The van der Waals surface area contributed by atoms with E-state index in [2.05, 4.69) is 24.3 Å². The molecule has 0 saturated carbocycles. The van der Waals surface area contributed by atoms with Crippen LogP contribution in [0.1, 0.15) is 11.1 Å². The molecule has 1 aliphatic heterocycles. The molecule has 0 radical (unpaired) electrons. The van der Waals surface area contributed by atoms with Gasteiger partial charge in [0.25, 0.3) is 5.91 Å². The van der Waals surface area contributed by atoms with Crippen LogP contribution in [0.5, 0.6) is 5.75 Å². The number of nitrogens with zero attached hydrogens (tertiary/aromatic N) is 1. The maximum absolute atomic E-state index is 12.5. The predicted molar refractivity (Wildman–Crippen MR) is 110 cm³/mol. The normalized spacial score (nSPS) is 14.9. The van der Waals surface area contributed by atoms with Crippen molar-refractivity contribution in [3.8, 4) is 5.75 Å². The van der Waals surface area contributed by atoms with Crippen molar-refractivity contribution >= 4 is 16.9 Å². The summed E-state index contributed by atoms with van der Waals surface area (Å²) in [6.07, 6.45) is 0. The molecule has 0 bridgehead atoms. The zero-order valence-electron chi connectivity index (χ0n) is 16.5. The highest BCUT2D eigenvalue weighted by Gasteiger charge is 2.24. The molecule has 150 valence electrons. The number of amides is 1. The fourth-order valence-electron chi connectivity index (χ4n) is 3.77. The second-order valence-corrected chi connectivity index (χ2v) is 7.49. The van der Waals surface area contributed by atoms with Gasteiger partial charge in [-0.1, -0.05) is 30.3 Å². The second-order valence-electron chi connectivity index (χ2n) is 7.49. The van der Waals surface area contributed by atoms with Gasteiger partial charge in [-0.05, 0) is 24.6 Å². The van der Waals surface area contributed by atoms with Gasteiger partial charge in [0.1, 0.15) is 17.9 Å². The minimum absolute atomic E-state index is 0.0183. The van der Waals surface area contributed by atoms with Gasteiger partial charge in [-0.2, -0.15) is 0 Å². The van der Waals surface area contributed by atoms with Crippen LogP contribution in [0.2, 0.25) is 0 Å². The van der Waals surface area contributed by atoms with E-state index in [-0.39, 0.29) is 18.1 Å². The summed E-state index contributed by atoms with van der Waals surface area (Å²) in [4.78, 5) is 27.4. The molecule has 1 N–H and O–H groups in total. The third-order valence-corrected chi connectivity index (χ3v) is 5.41. The number of carbonyl (C=O) groups excluding carboxylic acids is 1. The number of piperazine rings is 1. The van der Waals surface area contributed by atoms with Crippen LogP contribution in [0.15, 0.2) is 63.8 Å². The molecular weight excluding hydrogens is 368 g/mol. The van der Waals surface area contributed by atoms with Crippen LogP contribution in [0.25, 0.3) is 11.0 Å². The van der Waals surface area contributed by atoms with Gasteiger partial charge in [0.05, 0.1) is 26.2 Å². The molecule has 0 unspecified atom stereocenters. The van der Waals surface area contributed by atoms with E-state index in [0.717, 1.165) is 43.7 Å². The molecule has 4 rings (SSSR count). The van der Waals surface area contributed by atoms with Crippen LogP contribution in [0, 0.1) is 6.92 Å². The van der Waals surface area contributed by atoms with E-state index in [1.165, 1.54) is 16.5 Å². The minimum atomic E-state index is -0.390. The van der Waals surface area contributed by atoms with Crippen molar-refractivity contribution in [1.29, 1.82) is 0 Å². The highest BCUT2D eigenvalue weighted by molar-refractivity contribution is 5.81. The van der Waals surface area contributed by atoms with Gasteiger partial charge in [-0.15, -0.1) is 0 Å². The highest BCUT2D eigenvalue weighted by Crippen LogP contribution is 2.22. The van der Waals surface area contributed by atoms with Crippen LogP contribution in [0.3, 0.4) is 0 Å². The van der Waals surface area contributed by atoms with Gasteiger partial charge in [0, 0.05) is 23.1 Å². The number of rotatable bonds is 5. The lowest BCUT2D eigenvalue weighted by molar-refractivity contribution is -0.917. The van der Waals surface area contributed by atoms with Gasteiger partial charge in [-0.3, -0.25) is 4.79 Å². The zero-order chi connectivity index (χ0) is 20.2. The standard InChI is InChI=1S/C23H24N2O4/c1-17-13-23(27)29-21-14-19(7-8-20(17)21)28-16-22(26)25-11-9-24(10-12-25)15-18-5-3-2-4-6-18/h2-8,13-14H,9-12,15-16H2,1H3/p+1. The number of hydrogen-bond donors (Lipinski definition) is 1. The first-order valence-corrected chi connectivity index (χ1v) is 9.91. The maximum Gasteiger partial charge on any atom is 0.336 e. The summed E-state index contributed by atoms with van der Waals surface area (Å²) in [5.41, 5.74) is 2.26. The van der Waals surface area contributed by atoms with Crippen LogP contribution in [-0.4, -0.2) is 43.6 Å². The van der Waals surface area contributed by atoms with Crippen molar-refractivity contribution in [1.82, 2.24) is 4.90 Å². The average Bonchev–Trinajstić information content (AvgIpc) is 2.73. The first-order chi connectivity index (χ1) is 14.1. The molecule has 3 aromatic rings. The summed E-state index contributed by atoms with van der Waals surface area (Å²) in [7, 11) is 0. The fourth-order valence-corrected chi connectivity index (χ4v) is 3.77. The fraction of sp³-hybridized carbons (Fsp3) is 0.304. The number of quaternary nitrogens is 1. The highest BCUT2D eigenvalue weighted by atomic mass is 16.5. The number of benzene rings is 2. The van der Waals surface area contributed by atoms with Crippen molar-refractivity contribution in [2.24, 2.45) is 0 Å². The molecule has 0 atom stereocenters. The molecule has 0 spiro atoms. The summed E-state index contributed by atoms with van der Waals surface area (Å²) in [6.45, 7) is 6.16. The Balaban J connectivity index is 1.30. The Bertz CT molecular complexity index is 1050. The molecule has 1 aromatic heterocycles. The van der Waals surface area contributed by atoms with E-state index in [1.807, 2.05) is 24.0 Å². The smallest absolute Gasteiger partial charge is 0.336 e. The van der Waals surface area contributed by atoms with Gasteiger partial charge >= 0.3 is 5.63 Å². The Hall–Kier alpha value is -3.12. The lowest BCUT2D eigenvalue weighted by atomic mass is 10.1. The van der Waals surface area contributed by atoms with Gasteiger partial charge in [0.2, 0.25) is 0 Å². The third-order valence-electron chi connectivity index (χ3n) is 5.41. The van der Waals surface area contributed by atoms with Gasteiger partial charge < -0.3 is 19.0 Å². The Morgan fingerprint density at radius 2 is 1.86 bits per heavy atom. The molecular formula is C23H25N2O4+. The molecule has 1 fully saturated rings. The molecule has 1 saturated heterocycles. The summed E-state index contributed by atoms with van der Waals surface area (Å²) in [5, 5.41) is 0.862. The van der Waals surface area contributed by atoms with Crippen molar-refractivity contribution in [3.63, 3.8) is 0 Å². The Labute approximate surface area is 169 Å². The number of nitrogens with one attached hydrogen (secondary N) is 1. The predicted octanol–water partition coefficient (Wildman–Crippen LogP) is 1.41. The van der Waals surface area contributed by atoms with Crippen LogP contribution < -0.4 is 15.3 Å². The second kappa shape index (κ2) is 8.49. The van der Waals surface area contributed by atoms with Crippen molar-refractivity contribution < 1.29 is 18.8 Å². The van der Waals surface area contributed by atoms with Crippen LogP contribution in [-0.2, 0) is 11.3 Å².